The van der Waals surface area contributed by atoms with Crippen molar-refractivity contribution in [1.82, 2.24) is 9.80 Å². The van der Waals surface area contributed by atoms with Gasteiger partial charge in [0.25, 0.3) is 5.91 Å². The van der Waals surface area contributed by atoms with E-state index >= 15 is 0 Å². The van der Waals surface area contributed by atoms with E-state index < -0.39 is 11.7 Å². The number of carbonyl (C=O) groups is 1. The molecule has 21 heavy (non-hydrogen) atoms. The first kappa shape index (κ1) is 14.3. The molecule has 1 saturated carbocycles. The van der Waals surface area contributed by atoms with Gasteiger partial charge in [-0.25, -0.2) is 4.39 Å². The zero-order valence-corrected chi connectivity index (χ0v) is 12.1. The van der Waals surface area contributed by atoms with E-state index in [9.17, 15) is 14.3 Å². The molecule has 1 aliphatic heterocycles. The van der Waals surface area contributed by atoms with Crippen LogP contribution < -0.4 is 0 Å². The maximum atomic E-state index is 13.8. The molecule has 0 radical (unpaired) electrons. The van der Waals surface area contributed by atoms with Crippen LogP contribution in [0.1, 0.15) is 36.0 Å². The first-order chi connectivity index (χ1) is 10.2. The zero-order chi connectivity index (χ0) is 14.8. The van der Waals surface area contributed by atoms with Crippen LogP contribution in [-0.2, 0) is 0 Å². The summed E-state index contributed by atoms with van der Waals surface area (Å²) >= 11 is 0. The molecule has 2 aliphatic rings. The van der Waals surface area contributed by atoms with Crippen LogP contribution in [0.15, 0.2) is 18.2 Å². The number of phenolic OH excluding ortho intramolecular Hbond substituents is 1. The molecule has 1 N–H and O–H groups in total. The molecule has 1 heterocycles. The number of hydrogen-bond acceptors (Lipinski definition) is 3. The maximum absolute atomic E-state index is 13.8. The van der Waals surface area contributed by atoms with Gasteiger partial charge in [0.05, 0.1) is 0 Å². The van der Waals surface area contributed by atoms with Crippen molar-refractivity contribution in [3.05, 3.63) is 29.6 Å². The lowest BCUT2D eigenvalue weighted by Gasteiger charge is -2.38. The van der Waals surface area contributed by atoms with Gasteiger partial charge in [-0.2, -0.15) is 0 Å². The normalized spacial score (nSPS) is 20.9. The zero-order valence-electron chi connectivity index (χ0n) is 12.1. The van der Waals surface area contributed by atoms with Gasteiger partial charge in [0.15, 0.2) is 0 Å². The van der Waals surface area contributed by atoms with E-state index in [0.29, 0.717) is 19.1 Å². The maximum Gasteiger partial charge on any atom is 0.260 e. The smallest absolute Gasteiger partial charge is 0.260 e. The van der Waals surface area contributed by atoms with Crippen molar-refractivity contribution in [3.8, 4) is 5.75 Å². The van der Waals surface area contributed by atoms with Crippen LogP contribution >= 0.6 is 0 Å². The number of carbonyl (C=O) groups excluding carboxylic acids is 1. The predicted octanol–water partition coefficient (Wildman–Crippen LogP) is 2.23. The van der Waals surface area contributed by atoms with Gasteiger partial charge in [0.2, 0.25) is 0 Å². The van der Waals surface area contributed by atoms with Crippen molar-refractivity contribution in [1.29, 1.82) is 0 Å². The standard InChI is InChI=1S/C16H21FN2O2/c17-13-6-3-7-14(20)15(13)16(21)19-10-8-18(9-11-19)12-4-1-2-5-12/h3,6-7,12,20H,1-2,4-5,8-11H2. The lowest BCUT2D eigenvalue weighted by molar-refractivity contribution is 0.0566. The second-order valence-electron chi connectivity index (χ2n) is 5.90. The second kappa shape index (κ2) is 6.02. The number of nitrogens with zero attached hydrogens (tertiary/aromatic N) is 2. The Labute approximate surface area is 124 Å². The molecule has 0 atom stereocenters. The molecule has 0 spiro atoms. The number of amides is 1. The van der Waals surface area contributed by atoms with E-state index in [0.717, 1.165) is 13.1 Å². The number of piperazine rings is 1. The Morgan fingerprint density at radius 1 is 1.14 bits per heavy atom. The Morgan fingerprint density at radius 3 is 2.43 bits per heavy atom. The SMILES string of the molecule is O=C(c1c(O)cccc1F)N1CCN(C2CCCC2)CC1. The summed E-state index contributed by atoms with van der Waals surface area (Å²) in [5.41, 5.74) is -0.202. The Balaban J connectivity index is 1.65. The van der Waals surface area contributed by atoms with Gasteiger partial charge in [-0.05, 0) is 25.0 Å². The molecule has 5 heteroatoms. The molecule has 1 aliphatic carbocycles. The first-order valence-corrected chi connectivity index (χ1v) is 7.67. The third kappa shape index (κ3) is 2.88. The fourth-order valence-electron chi connectivity index (χ4n) is 3.44. The average Bonchev–Trinajstić information content (AvgIpc) is 3.01. The fraction of sp³-hybridized carbons (Fsp3) is 0.562. The molecule has 3 rings (SSSR count). The molecule has 0 bridgehead atoms. The highest BCUT2D eigenvalue weighted by molar-refractivity contribution is 5.97. The van der Waals surface area contributed by atoms with Crippen LogP contribution in [0.3, 0.4) is 0 Å². The van der Waals surface area contributed by atoms with Crippen molar-refractivity contribution in [2.45, 2.75) is 31.7 Å². The lowest BCUT2D eigenvalue weighted by Crippen LogP contribution is -2.51. The molecule has 114 valence electrons. The Kier molecular flexibility index (Phi) is 4.10. The van der Waals surface area contributed by atoms with E-state index in [1.54, 1.807) is 4.90 Å². The van der Waals surface area contributed by atoms with Gasteiger partial charge in [-0.1, -0.05) is 18.9 Å². The Hall–Kier alpha value is -1.62. The van der Waals surface area contributed by atoms with Crippen molar-refractivity contribution in [3.63, 3.8) is 0 Å². The highest BCUT2D eigenvalue weighted by atomic mass is 19.1. The van der Waals surface area contributed by atoms with Crippen molar-refractivity contribution in [2.75, 3.05) is 26.2 Å². The number of halogens is 1. The molecule has 4 nitrogen and oxygen atoms in total. The number of aromatic hydroxyl groups is 1. The van der Waals surface area contributed by atoms with Gasteiger partial charge in [-0.3, -0.25) is 9.69 Å². The van der Waals surface area contributed by atoms with Crippen molar-refractivity contribution >= 4 is 5.91 Å². The molecular weight excluding hydrogens is 271 g/mol. The summed E-state index contributed by atoms with van der Waals surface area (Å²) < 4.78 is 13.8. The third-order valence-electron chi connectivity index (χ3n) is 4.65. The summed E-state index contributed by atoms with van der Waals surface area (Å²) in [5.74, 6) is -1.34. The van der Waals surface area contributed by atoms with E-state index in [4.69, 9.17) is 0 Å². The first-order valence-electron chi connectivity index (χ1n) is 7.67. The summed E-state index contributed by atoms with van der Waals surface area (Å²) in [4.78, 5) is 16.5. The molecule has 1 saturated heterocycles. The number of rotatable bonds is 2. The quantitative estimate of drug-likeness (QED) is 0.909. The summed E-state index contributed by atoms with van der Waals surface area (Å²) in [6.07, 6.45) is 5.10. The van der Waals surface area contributed by atoms with E-state index in [-0.39, 0.29) is 11.3 Å². The monoisotopic (exact) mass is 292 g/mol. The van der Waals surface area contributed by atoms with Crippen molar-refractivity contribution in [2.24, 2.45) is 0 Å². The minimum absolute atomic E-state index is 0.202. The summed E-state index contributed by atoms with van der Waals surface area (Å²) in [7, 11) is 0. The summed E-state index contributed by atoms with van der Waals surface area (Å²) in [6, 6.07) is 4.62. The van der Waals surface area contributed by atoms with Crippen LogP contribution in [0.2, 0.25) is 0 Å². The predicted molar refractivity (Wildman–Crippen MR) is 77.8 cm³/mol. The number of benzene rings is 1. The molecule has 1 aromatic rings. The van der Waals surface area contributed by atoms with Gasteiger partial charge < -0.3 is 10.0 Å². The van der Waals surface area contributed by atoms with Gasteiger partial charge in [0, 0.05) is 32.2 Å². The molecule has 0 aromatic heterocycles. The summed E-state index contributed by atoms with van der Waals surface area (Å²) in [6.45, 7) is 2.88. The van der Waals surface area contributed by atoms with Crippen molar-refractivity contribution < 1.29 is 14.3 Å². The average molecular weight is 292 g/mol. The Morgan fingerprint density at radius 2 is 1.81 bits per heavy atom. The van der Waals surface area contributed by atoms with Crippen LogP contribution in [-0.4, -0.2) is 53.0 Å². The lowest BCUT2D eigenvalue weighted by atomic mass is 10.1. The summed E-state index contributed by atoms with van der Waals surface area (Å²) in [5, 5.41) is 9.72. The van der Waals surface area contributed by atoms with Gasteiger partial charge in [-0.15, -0.1) is 0 Å². The minimum atomic E-state index is -0.654. The van der Waals surface area contributed by atoms with Gasteiger partial charge in [0.1, 0.15) is 17.1 Å². The third-order valence-corrected chi connectivity index (χ3v) is 4.65. The number of hydrogen-bond donors (Lipinski definition) is 1. The molecule has 1 aromatic carbocycles. The van der Waals surface area contributed by atoms with Crippen LogP contribution in [0, 0.1) is 5.82 Å². The highest BCUT2D eigenvalue weighted by Gasteiger charge is 2.30. The van der Waals surface area contributed by atoms with E-state index in [1.807, 2.05) is 0 Å². The highest BCUT2D eigenvalue weighted by Crippen LogP contribution is 2.26. The van der Waals surface area contributed by atoms with E-state index in [2.05, 4.69) is 4.90 Å². The largest absolute Gasteiger partial charge is 0.507 e. The van der Waals surface area contributed by atoms with Crippen LogP contribution in [0.5, 0.6) is 5.75 Å². The van der Waals surface area contributed by atoms with Gasteiger partial charge >= 0.3 is 0 Å². The molecule has 0 unspecified atom stereocenters. The molecule has 2 fully saturated rings. The minimum Gasteiger partial charge on any atom is -0.507 e. The number of phenols is 1. The van der Waals surface area contributed by atoms with Crippen LogP contribution in [0.4, 0.5) is 4.39 Å². The fourth-order valence-corrected chi connectivity index (χ4v) is 3.44. The Bertz CT molecular complexity index is 501. The second-order valence-corrected chi connectivity index (χ2v) is 5.90. The molecule has 1 amide bonds. The molecular formula is C16H21FN2O2. The topological polar surface area (TPSA) is 43.8 Å². The van der Waals surface area contributed by atoms with E-state index in [1.165, 1.54) is 43.9 Å². The van der Waals surface area contributed by atoms with Crippen LogP contribution in [0.25, 0.3) is 0 Å².